The summed E-state index contributed by atoms with van der Waals surface area (Å²) in [6.45, 7) is 4.79. The van der Waals surface area contributed by atoms with Gasteiger partial charge in [-0.3, -0.25) is 4.68 Å². The van der Waals surface area contributed by atoms with E-state index >= 15 is 0 Å². The molecular formula is C16H19BrClFN2. The molecule has 0 radical (unpaired) electrons. The van der Waals surface area contributed by atoms with Crippen molar-refractivity contribution in [3.05, 3.63) is 52.1 Å². The number of alkyl halides is 1. The maximum atomic E-state index is 13.3. The molecule has 0 N–H and O–H groups in total. The lowest BCUT2D eigenvalue weighted by atomic mass is 9.96. The zero-order chi connectivity index (χ0) is 15.4. The Hall–Kier alpha value is -0.870. The Kier molecular flexibility index (Phi) is 5.82. The summed E-state index contributed by atoms with van der Waals surface area (Å²) in [6, 6.07) is 6.78. The molecule has 0 bridgehead atoms. The molecule has 0 aliphatic rings. The van der Waals surface area contributed by atoms with Crippen molar-refractivity contribution < 1.29 is 4.39 Å². The predicted octanol–water partition coefficient (Wildman–Crippen LogP) is 4.80. The van der Waals surface area contributed by atoms with Crippen LogP contribution in [0, 0.1) is 18.7 Å². The number of halogens is 3. The monoisotopic (exact) mass is 372 g/mol. The van der Waals surface area contributed by atoms with Crippen LogP contribution in [-0.4, -0.2) is 15.1 Å². The fourth-order valence-corrected chi connectivity index (χ4v) is 3.19. The van der Waals surface area contributed by atoms with Gasteiger partial charge in [-0.15, -0.1) is 0 Å². The van der Waals surface area contributed by atoms with E-state index < -0.39 is 0 Å². The number of aryl methyl sites for hydroxylation is 2. The number of rotatable bonds is 6. The molecule has 0 aliphatic carbocycles. The fraction of sp³-hybridized carbons (Fsp3) is 0.438. The van der Waals surface area contributed by atoms with E-state index in [2.05, 4.69) is 28.0 Å². The lowest BCUT2D eigenvalue weighted by Gasteiger charge is -2.15. The molecule has 0 amide bonds. The minimum Gasteiger partial charge on any atom is -0.268 e. The summed E-state index contributed by atoms with van der Waals surface area (Å²) in [5, 5.41) is 6.04. The molecule has 1 unspecified atom stereocenters. The van der Waals surface area contributed by atoms with Crippen LogP contribution >= 0.6 is 27.5 Å². The van der Waals surface area contributed by atoms with Crippen molar-refractivity contribution in [2.45, 2.75) is 33.2 Å². The van der Waals surface area contributed by atoms with Crippen molar-refractivity contribution in [1.29, 1.82) is 0 Å². The second kappa shape index (κ2) is 7.41. The van der Waals surface area contributed by atoms with Crippen LogP contribution in [0.15, 0.2) is 24.3 Å². The van der Waals surface area contributed by atoms with E-state index in [0.29, 0.717) is 5.92 Å². The van der Waals surface area contributed by atoms with E-state index in [1.807, 2.05) is 17.7 Å². The van der Waals surface area contributed by atoms with Crippen LogP contribution in [0.1, 0.15) is 23.9 Å². The van der Waals surface area contributed by atoms with Crippen molar-refractivity contribution in [2.75, 3.05) is 5.33 Å². The number of benzene rings is 1. The average molecular weight is 374 g/mol. The van der Waals surface area contributed by atoms with Gasteiger partial charge in [0.1, 0.15) is 5.82 Å². The van der Waals surface area contributed by atoms with Gasteiger partial charge < -0.3 is 0 Å². The third kappa shape index (κ3) is 4.07. The Morgan fingerprint density at radius 3 is 2.76 bits per heavy atom. The topological polar surface area (TPSA) is 17.8 Å². The van der Waals surface area contributed by atoms with Crippen LogP contribution in [0.4, 0.5) is 4.39 Å². The lowest BCUT2D eigenvalue weighted by molar-refractivity contribution is 0.534. The van der Waals surface area contributed by atoms with Gasteiger partial charge in [-0.2, -0.15) is 5.10 Å². The summed E-state index contributed by atoms with van der Waals surface area (Å²) in [4.78, 5) is 0. The van der Waals surface area contributed by atoms with Crippen LogP contribution in [0.2, 0.25) is 5.02 Å². The van der Waals surface area contributed by atoms with Gasteiger partial charge in [-0.1, -0.05) is 39.7 Å². The van der Waals surface area contributed by atoms with Crippen LogP contribution in [0.5, 0.6) is 0 Å². The Morgan fingerprint density at radius 1 is 1.38 bits per heavy atom. The van der Waals surface area contributed by atoms with Gasteiger partial charge in [0.2, 0.25) is 0 Å². The average Bonchev–Trinajstić information content (AvgIpc) is 2.74. The molecule has 1 atom stereocenters. The normalized spacial score (nSPS) is 12.6. The largest absolute Gasteiger partial charge is 0.268 e. The quantitative estimate of drug-likeness (QED) is 0.665. The van der Waals surface area contributed by atoms with E-state index in [0.717, 1.165) is 46.7 Å². The van der Waals surface area contributed by atoms with E-state index in [9.17, 15) is 4.39 Å². The third-order valence-corrected chi connectivity index (χ3v) is 4.97. The molecule has 0 spiro atoms. The summed E-state index contributed by atoms with van der Waals surface area (Å²) in [6.07, 6.45) is 1.64. The highest BCUT2D eigenvalue weighted by molar-refractivity contribution is 9.09. The minimum absolute atomic E-state index is 0.187. The molecule has 114 valence electrons. The van der Waals surface area contributed by atoms with Gasteiger partial charge in [0, 0.05) is 11.9 Å². The van der Waals surface area contributed by atoms with E-state index in [-0.39, 0.29) is 5.82 Å². The van der Waals surface area contributed by atoms with Crippen LogP contribution < -0.4 is 0 Å². The molecule has 0 saturated heterocycles. The molecule has 2 nitrogen and oxygen atoms in total. The van der Waals surface area contributed by atoms with Gasteiger partial charge in [-0.05, 0) is 50.3 Å². The first-order chi connectivity index (χ1) is 10.0. The lowest BCUT2D eigenvalue weighted by Crippen LogP contribution is -2.14. The molecule has 1 aromatic heterocycles. The number of nitrogens with zero attached hydrogens (tertiary/aromatic N) is 2. The molecule has 1 heterocycles. The summed E-state index contributed by atoms with van der Waals surface area (Å²) in [7, 11) is 0. The molecule has 0 aliphatic heterocycles. The summed E-state index contributed by atoms with van der Waals surface area (Å²) >= 11 is 9.92. The Morgan fingerprint density at radius 2 is 2.14 bits per heavy atom. The number of hydrogen-bond donors (Lipinski definition) is 0. The Balaban J connectivity index is 2.16. The van der Waals surface area contributed by atoms with Gasteiger partial charge in [0.15, 0.2) is 0 Å². The van der Waals surface area contributed by atoms with Crippen LogP contribution in [0.3, 0.4) is 0 Å². The van der Waals surface area contributed by atoms with Gasteiger partial charge in [0.05, 0.1) is 16.4 Å². The first kappa shape index (κ1) is 16.5. The number of aromatic nitrogens is 2. The maximum absolute atomic E-state index is 13.3. The zero-order valence-corrected chi connectivity index (χ0v) is 14.6. The van der Waals surface area contributed by atoms with Crippen LogP contribution in [0.25, 0.3) is 0 Å². The van der Waals surface area contributed by atoms with Gasteiger partial charge in [0.25, 0.3) is 0 Å². The first-order valence-corrected chi connectivity index (χ1v) is 8.57. The summed E-state index contributed by atoms with van der Waals surface area (Å²) in [5.74, 6) is 0.166. The van der Waals surface area contributed by atoms with E-state index in [1.165, 1.54) is 6.07 Å². The summed E-state index contributed by atoms with van der Waals surface area (Å²) in [5.41, 5.74) is 2.94. The van der Waals surface area contributed by atoms with Crippen molar-refractivity contribution in [3.63, 3.8) is 0 Å². The predicted molar refractivity (Wildman–Crippen MR) is 88.7 cm³/mol. The molecular weight excluding hydrogens is 355 g/mol. The molecule has 1 aromatic carbocycles. The van der Waals surface area contributed by atoms with Crippen LogP contribution in [-0.2, 0) is 19.4 Å². The standard InChI is InChI=1S/C16H19BrClFN2/c1-3-21-15(16(18)11(2)20-21)9-13(10-17)7-12-5-4-6-14(19)8-12/h4-6,8,13H,3,7,9-10H2,1-2H3. The van der Waals surface area contributed by atoms with Gasteiger partial charge >= 0.3 is 0 Å². The molecule has 0 fully saturated rings. The molecule has 2 rings (SSSR count). The smallest absolute Gasteiger partial charge is 0.123 e. The van der Waals surface area contributed by atoms with Gasteiger partial charge in [-0.25, -0.2) is 4.39 Å². The number of hydrogen-bond acceptors (Lipinski definition) is 1. The Bertz CT molecular complexity index is 612. The SMILES string of the molecule is CCn1nc(C)c(Cl)c1CC(CBr)Cc1cccc(F)c1. The minimum atomic E-state index is -0.187. The zero-order valence-electron chi connectivity index (χ0n) is 12.2. The third-order valence-electron chi connectivity index (χ3n) is 3.57. The molecule has 21 heavy (non-hydrogen) atoms. The van der Waals surface area contributed by atoms with Crippen molar-refractivity contribution in [3.8, 4) is 0 Å². The van der Waals surface area contributed by atoms with E-state index in [4.69, 9.17) is 11.6 Å². The highest BCUT2D eigenvalue weighted by Gasteiger charge is 2.18. The second-order valence-corrected chi connectivity index (χ2v) is 6.25. The van der Waals surface area contributed by atoms with Crippen molar-refractivity contribution in [1.82, 2.24) is 9.78 Å². The van der Waals surface area contributed by atoms with E-state index in [1.54, 1.807) is 12.1 Å². The highest BCUT2D eigenvalue weighted by atomic mass is 79.9. The van der Waals surface area contributed by atoms with Crippen molar-refractivity contribution >= 4 is 27.5 Å². The second-order valence-electron chi connectivity index (χ2n) is 5.22. The molecule has 2 aromatic rings. The molecule has 5 heteroatoms. The fourth-order valence-electron chi connectivity index (χ4n) is 2.52. The maximum Gasteiger partial charge on any atom is 0.123 e. The van der Waals surface area contributed by atoms with Crippen molar-refractivity contribution in [2.24, 2.45) is 5.92 Å². The molecule has 0 saturated carbocycles. The Labute approximate surface area is 138 Å². The first-order valence-electron chi connectivity index (χ1n) is 7.07. The summed E-state index contributed by atoms with van der Waals surface area (Å²) < 4.78 is 15.2. The highest BCUT2D eigenvalue weighted by Crippen LogP contribution is 2.25.